The van der Waals surface area contributed by atoms with Crippen LogP contribution in [0.25, 0.3) is 0 Å². The first-order valence-corrected chi connectivity index (χ1v) is 6.62. The molecule has 0 aliphatic heterocycles. The number of hydrogen-bond donors (Lipinski definition) is 1. The van der Waals surface area contributed by atoms with E-state index >= 15 is 0 Å². The minimum absolute atomic E-state index is 0.206. The lowest BCUT2D eigenvalue weighted by molar-refractivity contribution is -0.153. The molecular weight excluding hydrogens is 284 g/mol. The van der Waals surface area contributed by atoms with Gasteiger partial charge in [0.15, 0.2) is 5.78 Å². The van der Waals surface area contributed by atoms with Crippen molar-refractivity contribution < 1.29 is 14.7 Å². The van der Waals surface area contributed by atoms with Gasteiger partial charge in [-0.2, -0.15) is 0 Å². The molecular formula is C13H17BrO3. The van der Waals surface area contributed by atoms with Gasteiger partial charge in [0.1, 0.15) is 11.9 Å². The lowest BCUT2D eigenvalue weighted by Crippen LogP contribution is -2.58. The molecule has 0 unspecified atom stereocenters. The highest BCUT2D eigenvalue weighted by atomic mass is 79.9. The average molecular weight is 301 g/mol. The summed E-state index contributed by atoms with van der Waals surface area (Å²) in [6, 6.07) is 0. The first-order chi connectivity index (χ1) is 7.98. The van der Waals surface area contributed by atoms with E-state index in [1.54, 1.807) is 38.2 Å². The largest absolute Gasteiger partial charge is 0.381 e. The predicted molar refractivity (Wildman–Crippen MR) is 70.0 cm³/mol. The quantitative estimate of drug-likeness (QED) is 0.625. The number of hydrogen-bond acceptors (Lipinski definition) is 3. The fraction of sp³-hybridized carbons (Fsp3) is 0.538. The Balaban J connectivity index is 3.32. The van der Waals surface area contributed by atoms with Crippen molar-refractivity contribution in [3.8, 4) is 0 Å². The van der Waals surface area contributed by atoms with E-state index in [2.05, 4.69) is 15.9 Å². The van der Waals surface area contributed by atoms with E-state index in [1.807, 2.05) is 0 Å². The van der Waals surface area contributed by atoms with Gasteiger partial charge in [-0.1, -0.05) is 54.1 Å². The molecule has 0 amide bonds. The van der Waals surface area contributed by atoms with Gasteiger partial charge in [-0.15, -0.1) is 0 Å². The first-order valence-electron chi connectivity index (χ1n) is 5.70. The van der Waals surface area contributed by atoms with Crippen LogP contribution in [-0.4, -0.2) is 27.6 Å². The zero-order chi connectivity index (χ0) is 13.1. The maximum absolute atomic E-state index is 12.0. The molecule has 3 atom stereocenters. The Kier molecular flexibility index (Phi) is 4.44. The molecule has 0 spiro atoms. The molecule has 3 nitrogen and oxygen atoms in total. The van der Waals surface area contributed by atoms with Crippen molar-refractivity contribution in [1.29, 1.82) is 0 Å². The van der Waals surface area contributed by atoms with E-state index in [0.717, 1.165) is 0 Å². The second kappa shape index (κ2) is 5.27. The Morgan fingerprint density at radius 1 is 1.53 bits per heavy atom. The minimum atomic E-state index is -1.65. The topological polar surface area (TPSA) is 54.4 Å². The summed E-state index contributed by atoms with van der Waals surface area (Å²) in [6.45, 7) is 3.40. The Morgan fingerprint density at radius 2 is 2.18 bits per heavy atom. The van der Waals surface area contributed by atoms with Gasteiger partial charge >= 0.3 is 0 Å². The number of alkyl halides is 1. The summed E-state index contributed by atoms with van der Waals surface area (Å²) in [4.78, 5) is 23.1. The molecule has 1 aliphatic rings. The van der Waals surface area contributed by atoms with Crippen LogP contribution in [-0.2, 0) is 9.59 Å². The van der Waals surface area contributed by atoms with Crippen LogP contribution in [0.2, 0.25) is 0 Å². The molecule has 0 aromatic carbocycles. The SMILES string of the molecule is CCC(=O)[C@@](O)(CC)[C@]1(C=O)C=CC=C[C@@H]1Br. The van der Waals surface area contributed by atoms with Gasteiger partial charge in [-0.3, -0.25) is 4.79 Å². The lowest BCUT2D eigenvalue weighted by Gasteiger charge is -2.43. The fourth-order valence-corrected chi connectivity index (χ4v) is 3.05. The molecule has 4 heteroatoms. The highest BCUT2D eigenvalue weighted by molar-refractivity contribution is 9.09. The average Bonchev–Trinajstić information content (AvgIpc) is 2.37. The third-order valence-corrected chi connectivity index (χ3v) is 4.49. The summed E-state index contributed by atoms with van der Waals surface area (Å²) in [7, 11) is 0. The second-order valence-corrected chi connectivity index (χ2v) is 5.17. The Morgan fingerprint density at radius 3 is 2.59 bits per heavy atom. The van der Waals surface area contributed by atoms with Crippen molar-refractivity contribution in [3.05, 3.63) is 24.3 Å². The number of carbonyl (C=O) groups is 2. The number of Topliss-reactive ketones (excluding diaryl/α,β-unsaturated/α-hetero) is 1. The van der Waals surface area contributed by atoms with Crippen LogP contribution >= 0.6 is 15.9 Å². The van der Waals surface area contributed by atoms with E-state index in [4.69, 9.17) is 0 Å². The van der Waals surface area contributed by atoms with E-state index < -0.39 is 11.0 Å². The van der Waals surface area contributed by atoms with Crippen molar-refractivity contribution in [2.24, 2.45) is 5.41 Å². The van der Waals surface area contributed by atoms with Gasteiger partial charge in [0.2, 0.25) is 0 Å². The highest BCUT2D eigenvalue weighted by Crippen LogP contribution is 2.44. The van der Waals surface area contributed by atoms with E-state index in [-0.39, 0.29) is 23.5 Å². The summed E-state index contributed by atoms with van der Waals surface area (Å²) in [5, 5.41) is 10.6. The summed E-state index contributed by atoms with van der Waals surface area (Å²) >= 11 is 3.36. The van der Waals surface area contributed by atoms with Crippen LogP contribution in [0.1, 0.15) is 26.7 Å². The summed E-state index contributed by atoms with van der Waals surface area (Å²) in [5.41, 5.74) is -2.87. The number of allylic oxidation sites excluding steroid dienone is 3. The molecule has 17 heavy (non-hydrogen) atoms. The highest BCUT2D eigenvalue weighted by Gasteiger charge is 2.55. The van der Waals surface area contributed by atoms with Crippen LogP contribution in [0.15, 0.2) is 24.3 Å². The maximum atomic E-state index is 12.0. The lowest BCUT2D eigenvalue weighted by atomic mass is 9.65. The number of carbonyl (C=O) groups excluding carboxylic acids is 2. The Hall–Kier alpha value is -0.740. The zero-order valence-corrected chi connectivity index (χ0v) is 11.6. The minimum Gasteiger partial charge on any atom is -0.381 e. The molecule has 1 N–H and O–H groups in total. The van der Waals surface area contributed by atoms with E-state index in [1.165, 1.54) is 0 Å². The van der Waals surface area contributed by atoms with Gasteiger partial charge in [-0.05, 0) is 6.42 Å². The molecule has 0 fully saturated rings. The number of rotatable bonds is 5. The monoisotopic (exact) mass is 300 g/mol. The summed E-state index contributed by atoms with van der Waals surface area (Å²) in [6.07, 6.45) is 7.93. The number of halogens is 1. The normalized spacial score (nSPS) is 30.9. The van der Waals surface area contributed by atoms with Crippen LogP contribution in [0.5, 0.6) is 0 Å². The molecule has 0 bridgehead atoms. The molecule has 0 heterocycles. The van der Waals surface area contributed by atoms with Crippen LogP contribution in [0, 0.1) is 5.41 Å². The van der Waals surface area contributed by atoms with Crippen molar-refractivity contribution in [3.63, 3.8) is 0 Å². The van der Waals surface area contributed by atoms with Gasteiger partial charge in [0, 0.05) is 6.42 Å². The van der Waals surface area contributed by atoms with Gasteiger partial charge in [0.05, 0.1) is 10.2 Å². The standard InChI is InChI=1S/C13H17BrO3/c1-3-11(16)13(17,4-2)12(9-15)8-6-5-7-10(12)14/h5-10,17H,3-4H2,1-2H3/t10-,12-,13-/m0/s1. The van der Waals surface area contributed by atoms with Crippen LogP contribution in [0.4, 0.5) is 0 Å². The fourth-order valence-electron chi connectivity index (χ4n) is 2.23. The Labute approximate surface area is 110 Å². The second-order valence-electron chi connectivity index (χ2n) is 4.19. The van der Waals surface area contributed by atoms with Gasteiger partial charge in [0.25, 0.3) is 0 Å². The maximum Gasteiger partial charge on any atom is 0.165 e. The van der Waals surface area contributed by atoms with Crippen molar-refractivity contribution >= 4 is 28.0 Å². The molecule has 0 saturated carbocycles. The number of aldehydes is 1. The van der Waals surface area contributed by atoms with Crippen molar-refractivity contribution in [1.82, 2.24) is 0 Å². The van der Waals surface area contributed by atoms with E-state index in [9.17, 15) is 14.7 Å². The third-order valence-electron chi connectivity index (χ3n) is 3.42. The predicted octanol–water partition coefficient (Wildman–Crippen LogP) is 2.18. The summed E-state index contributed by atoms with van der Waals surface area (Å²) < 4.78 is 0. The molecule has 0 aromatic heterocycles. The number of aliphatic hydroxyl groups is 1. The molecule has 94 valence electrons. The molecule has 1 aliphatic carbocycles. The smallest absolute Gasteiger partial charge is 0.165 e. The molecule has 0 radical (unpaired) electrons. The third kappa shape index (κ3) is 2.04. The summed E-state index contributed by atoms with van der Waals surface area (Å²) in [5.74, 6) is -0.309. The molecule has 1 rings (SSSR count). The zero-order valence-electron chi connectivity index (χ0n) is 10.0. The van der Waals surface area contributed by atoms with Gasteiger partial charge in [-0.25, -0.2) is 0 Å². The molecule has 0 saturated heterocycles. The molecule has 0 aromatic rings. The van der Waals surface area contributed by atoms with Crippen molar-refractivity contribution in [2.45, 2.75) is 37.1 Å². The van der Waals surface area contributed by atoms with E-state index in [0.29, 0.717) is 6.29 Å². The van der Waals surface area contributed by atoms with Crippen molar-refractivity contribution in [2.75, 3.05) is 0 Å². The first kappa shape index (κ1) is 14.3. The van der Waals surface area contributed by atoms with Crippen LogP contribution in [0.3, 0.4) is 0 Å². The van der Waals surface area contributed by atoms with Gasteiger partial charge < -0.3 is 9.90 Å². The Bertz CT molecular complexity index is 375. The number of ketones is 1. The van der Waals surface area contributed by atoms with Crippen LogP contribution < -0.4 is 0 Å².